The molecule has 0 saturated heterocycles. The lowest BCUT2D eigenvalue weighted by Crippen LogP contribution is -2.23. The predicted molar refractivity (Wildman–Crippen MR) is 96.7 cm³/mol. The molecule has 6 nitrogen and oxygen atoms in total. The van der Waals surface area contributed by atoms with E-state index in [1.807, 2.05) is 37.4 Å². The molecular weight excluding hydrogens is 358 g/mol. The van der Waals surface area contributed by atoms with Gasteiger partial charge < -0.3 is 4.52 Å². The van der Waals surface area contributed by atoms with Crippen molar-refractivity contribution in [3.8, 4) is 11.4 Å². The Bertz CT molecular complexity index is 967. The maximum Gasteiger partial charge on any atom is 0.242 e. The second-order valence-corrected chi connectivity index (χ2v) is 7.97. The van der Waals surface area contributed by atoms with Crippen LogP contribution in [0.2, 0.25) is 0 Å². The molecule has 0 bridgehead atoms. The van der Waals surface area contributed by atoms with E-state index in [4.69, 9.17) is 4.52 Å². The Labute approximate surface area is 150 Å². The highest BCUT2D eigenvalue weighted by atomic mass is 32.2. The van der Waals surface area contributed by atoms with Crippen LogP contribution in [-0.2, 0) is 16.6 Å². The molecule has 130 valence electrons. The van der Waals surface area contributed by atoms with Gasteiger partial charge in [-0.25, -0.2) is 13.1 Å². The monoisotopic (exact) mass is 375 g/mol. The first-order valence-corrected chi connectivity index (χ1v) is 10.2. The molecule has 0 atom stereocenters. The SMILES string of the molecule is CSc1ccc(S(=O)(=O)NCc2nc(-c3ccccc3C)no2)cc1. The molecule has 2 aromatic carbocycles. The van der Waals surface area contributed by atoms with Gasteiger partial charge in [-0.1, -0.05) is 29.4 Å². The fraction of sp³-hybridized carbons (Fsp3) is 0.176. The third-order valence-electron chi connectivity index (χ3n) is 3.64. The largest absolute Gasteiger partial charge is 0.338 e. The van der Waals surface area contributed by atoms with E-state index in [2.05, 4.69) is 14.9 Å². The minimum atomic E-state index is -3.63. The third kappa shape index (κ3) is 4.09. The van der Waals surface area contributed by atoms with E-state index < -0.39 is 10.0 Å². The second-order valence-electron chi connectivity index (χ2n) is 5.33. The number of nitrogens with zero attached hydrogens (tertiary/aromatic N) is 2. The number of aryl methyl sites for hydroxylation is 1. The smallest absolute Gasteiger partial charge is 0.242 e. The number of sulfonamides is 1. The molecule has 0 aliphatic heterocycles. The molecule has 0 unspecified atom stereocenters. The predicted octanol–water partition coefficient (Wildman–Crippen LogP) is 3.25. The van der Waals surface area contributed by atoms with Crippen LogP contribution in [0, 0.1) is 6.92 Å². The van der Waals surface area contributed by atoms with E-state index in [9.17, 15) is 8.42 Å². The molecule has 1 aromatic heterocycles. The number of aromatic nitrogens is 2. The number of benzene rings is 2. The number of hydrogen-bond acceptors (Lipinski definition) is 6. The van der Waals surface area contributed by atoms with Gasteiger partial charge in [0, 0.05) is 10.5 Å². The summed E-state index contributed by atoms with van der Waals surface area (Å²) in [6, 6.07) is 14.3. The van der Waals surface area contributed by atoms with Gasteiger partial charge in [-0.2, -0.15) is 4.98 Å². The number of rotatable bonds is 6. The number of nitrogens with one attached hydrogen (secondary N) is 1. The van der Waals surface area contributed by atoms with Crippen LogP contribution in [0.25, 0.3) is 11.4 Å². The molecule has 0 amide bonds. The molecule has 0 fully saturated rings. The second kappa shape index (κ2) is 7.38. The van der Waals surface area contributed by atoms with Crippen molar-refractivity contribution in [3.63, 3.8) is 0 Å². The van der Waals surface area contributed by atoms with Gasteiger partial charge in [0.2, 0.25) is 21.7 Å². The maximum absolute atomic E-state index is 12.3. The normalized spacial score (nSPS) is 11.6. The summed E-state index contributed by atoms with van der Waals surface area (Å²) in [4.78, 5) is 5.45. The fourth-order valence-electron chi connectivity index (χ4n) is 2.25. The zero-order valence-electron chi connectivity index (χ0n) is 13.8. The number of thioether (sulfide) groups is 1. The molecule has 3 rings (SSSR count). The number of hydrogen-bond donors (Lipinski definition) is 1. The summed E-state index contributed by atoms with van der Waals surface area (Å²) in [5.41, 5.74) is 1.87. The summed E-state index contributed by atoms with van der Waals surface area (Å²) in [7, 11) is -3.63. The van der Waals surface area contributed by atoms with E-state index in [-0.39, 0.29) is 17.3 Å². The van der Waals surface area contributed by atoms with Gasteiger partial charge in [-0.05, 0) is 43.0 Å². The Morgan fingerprint density at radius 1 is 1.12 bits per heavy atom. The lowest BCUT2D eigenvalue weighted by molar-refractivity contribution is 0.376. The van der Waals surface area contributed by atoms with Crippen molar-refractivity contribution in [2.24, 2.45) is 0 Å². The Kier molecular flexibility index (Phi) is 5.22. The quantitative estimate of drug-likeness (QED) is 0.666. The molecule has 0 spiro atoms. The summed E-state index contributed by atoms with van der Waals surface area (Å²) in [5.74, 6) is 0.652. The van der Waals surface area contributed by atoms with Crippen molar-refractivity contribution in [3.05, 3.63) is 60.0 Å². The van der Waals surface area contributed by atoms with Gasteiger partial charge in [0.15, 0.2) is 0 Å². The third-order valence-corrected chi connectivity index (χ3v) is 5.80. The highest BCUT2D eigenvalue weighted by Crippen LogP contribution is 2.20. The lowest BCUT2D eigenvalue weighted by atomic mass is 10.1. The van der Waals surface area contributed by atoms with Crippen molar-refractivity contribution in [1.82, 2.24) is 14.9 Å². The molecule has 1 heterocycles. The average Bonchev–Trinajstić information content (AvgIpc) is 3.09. The topological polar surface area (TPSA) is 85.1 Å². The summed E-state index contributed by atoms with van der Waals surface area (Å²) in [5, 5.41) is 3.92. The van der Waals surface area contributed by atoms with Crippen LogP contribution in [-0.4, -0.2) is 24.8 Å². The summed E-state index contributed by atoms with van der Waals surface area (Å²) in [6.07, 6.45) is 1.93. The van der Waals surface area contributed by atoms with Gasteiger partial charge in [0.25, 0.3) is 0 Å². The van der Waals surface area contributed by atoms with Crippen LogP contribution in [0.15, 0.2) is 62.8 Å². The molecule has 0 aliphatic carbocycles. The van der Waals surface area contributed by atoms with Gasteiger partial charge in [0.05, 0.1) is 11.4 Å². The van der Waals surface area contributed by atoms with Crippen LogP contribution >= 0.6 is 11.8 Å². The van der Waals surface area contributed by atoms with Gasteiger partial charge in [0.1, 0.15) is 0 Å². The van der Waals surface area contributed by atoms with Crippen molar-refractivity contribution in [2.75, 3.05) is 6.26 Å². The first kappa shape index (κ1) is 17.7. The molecule has 0 radical (unpaired) electrons. The highest BCUT2D eigenvalue weighted by molar-refractivity contribution is 7.98. The molecule has 8 heteroatoms. The average molecular weight is 375 g/mol. The molecule has 25 heavy (non-hydrogen) atoms. The Morgan fingerprint density at radius 3 is 2.52 bits per heavy atom. The van der Waals surface area contributed by atoms with Crippen molar-refractivity contribution in [1.29, 1.82) is 0 Å². The Hall–Kier alpha value is -2.16. The maximum atomic E-state index is 12.3. The van der Waals surface area contributed by atoms with Crippen LogP contribution in [0.1, 0.15) is 11.5 Å². The zero-order chi connectivity index (χ0) is 17.9. The zero-order valence-corrected chi connectivity index (χ0v) is 15.4. The van der Waals surface area contributed by atoms with Crippen LogP contribution in [0.3, 0.4) is 0 Å². The van der Waals surface area contributed by atoms with Crippen LogP contribution < -0.4 is 4.72 Å². The van der Waals surface area contributed by atoms with Gasteiger partial charge in [-0.3, -0.25) is 0 Å². The Balaban J connectivity index is 1.72. The lowest BCUT2D eigenvalue weighted by Gasteiger charge is -2.05. The van der Waals surface area contributed by atoms with Crippen LogP contribution in [0.5, 0.6) is 0 Å². The van der Waals surface area contributed by atoms with Crippen LogP contribution in [0.4, 0.5) is 0 Å². The molecule has 0 aliphatic rings. The molecular formula is C17H17N3O3S2. The van der Waals surface area contributed by atoms with E-state index in [1.54, 1.807) is 36.0 Å². The Morgan fingerprint density at radius 2 is 1.84 bits per heavy atom. The van der Waals surface area contributed by atoms with Gasteiger partial charge in [-0.15, -0.1) is 11.8 Å². The van der Waals surface area contributed by atoms with E-state index in [0.29, 0.717) is 5.82 Å². The molecule has 1 N–H and O–H groups in total. The summed E-state index contributed by atoms with van der Waals surface area (Å²) < 4.78 is 32.3. The van der Waals surface area contributed by atoms with Crippen molar-refractivity contribution >= 4 is 21.8 Å². The molecule has 3 aromatic rings. The van der Waals surface area contributed by atoms with E-state index in [0.717, 1.165) is 16.0 Å². The van der Waals surface area contributed by atoms with E-state index in [1.165, 1.54) is 0 Å². The highest BCUT2D eigenvalue weighted by Gasteiger charge is 2.16. The summed E-state index contributed by atoms with van der Waals surface area (Å²) >= 11 is 1.55. The first-order chi connectivity index (χ1) is 12.0. The summed E-state index contributed by atoms with van der Waals surface area (Å²) in [6.45, 7) is 1.89. The van der Waals surface area contributed by atoms with Crippen molar-refractivity contribution in [2.45, 2.75) is 23.3 Å². The van der Waals surface area contributed by atoms with Crippen molar-refractivity contribution < 1.29 is 12.9 Å². The van der Waals surface area contributed by atoms with Gasteiger partial charge >= 0.3 is 0 Å². The standard InChI is InChI=1S/C17H17N3O3S2/c1-12-5-3-4-6-15(12)17-19-16(23-20-17)11-18-25(21,22)14-9-7-13(24-2)8-10-14/h3-10,18H,11H2,1-2H3. The van der Waals surface area contributed by atoms with E-state index >= 15 is 0 Å². The minimum absolute atomic E-state index is 0.0640. The molecule has 0 saturated carbocycles. The fourth-order valence-corrected chi connectivity index (χ4v) is 3.64. The minimum Gasteiger partial charge on any atom is -0.338 e. The first-order valence-electron chi connectivity index (χ1n) is 7.52.